The molecule has 0 fully saturated rings. The first-order chi connectivity index (χ1) is 5.27. The summed E-state index contributed by atoms with van der Waals surface area (Å²) in [5.74, 6) is 0.892. The minimum Gasteiger partial charge on any atom is -0.157 e. The Labute approximate surface area is 78.2 Å². The summed E-state index contributed by atoms with van der Waals surface area (Å²) >= 11 is 3.91. The van der Waals surface area contributed by atoms with E-state index < -0.39 is 0 Å². The number of hydrogen-bond acceptors (Lipinski definition) is 2. The zero-order valence-corrected chi connectivity index (χ0v) is 9.10. The highest BCUT2D eigenvalue weighted by atomic mass is 32.2. The summed E-state index contributed by atoms with van der Waals surface area (Å²) in [6.45, 7) is 2.34. The molecule has 0 aromatic carbocycles. The van der Waals surface area contributed by atoms with Crippen LogP contribution in [0, 0.1) is 5.92 Å². The van der Waals surface area contributed by atoms with Crippen molar-refractivity contribution in [2.24, 2.45) is 5.92 Å². The maximum Gasteiger partial charge on any atom is 0.0353 e. The van der Waals surface area contributed by atoms with Crippen LogP contribution in [-0.2, 0) is 0 Å². The van der Waals surface area contributed by atoms with Gasteiger partial charge in [0.2, 0.25) is 0 Å². The predicted octanol–water partition coefficient (Wildman–Crippen LogP) is 3.39. The van der Waals surface area contributed by atoms with Crippen LogP contribution in [-0.4, -0.2) is 17.8 Å². The van der Waals surface area contributed by atoms with Gasteiger partial charge in [0.25, 0.3) is 0 Å². The first kappa shape index (κ1) is 9.53. The van der Waals surface area contributed by atoms with Crippen molar-refractivity contribution >= 4 is 23.5 Å². The van der Waals surface area contributed by atoms with E-state index in [1.807, 2.05) is 23.5 Å². The fourth-order valence-electron chi connectivity index (χ4n) is 1.45. The third-order valence-corrected chi connectivity index (χ3v) is 4.26. The lowest BCUT2D eigenvalue weighted by Gasteiger charge is -2.25. The monoisotopic (exact) mass is 188 g/mol. The molecule has 2 unspecified atom stereocenters. The van der Waals surface area contributed by atoms with Crippen molar-refractivity contribution in [3.63, 3.8) is 0 Å². The van der Waals surface area contributed by atoms with Gasteiger partial charge in [-0.2, -0.15) is 11.8 Å². The molecule has 0 nitrogen and oxygen atoms in total. The molecule has 11 heavy (non-hydrogen) atoms. The molecule has 0 radical (unpaired) electrons. The van der Waals surface area contributed by atoms with Gasteiger partial charge < -0.3 is 0 Å². The molecular weight excluding hydrogens is 172 g/mol. The lowest BCUT2D eigenvalue weighted by Crippen LogP contribution is -2.14. The fourth-order valence-corrected chi connectivity index (χ4v) is 3.50. The molecule has 0 aromatic heterocycles. The first-order valence-corrected chi connectivity index (χ1v) is 6.56. The fraction of sp³-hybridized carbons (Fsp3) is 0.778. The van der Waals surface area contributed by atoms with Gasteiger partial charge in [0.15, 0.2) is 0 Å². The number of hydrogen-bond donors (Lipinski definition) is 0. The Morgan fingerprint density at radius 2 is 2.18 bits per heavy atom. The van der Waals surface area contributed by atoms with Gasteiger partial charge in [0, 0.05) is 5.25 Å². The zero-order valence-electron chi connectivity index (χ0n) is 7.46. The molecule has 0 N–H and O–H groups in total. The van der Waals surface area contributed by atoms with Crippen molar-refractivity contribution in [2.75, 3.05) is 12.5 Å². The summed E-state index contributed by atoms with van der Waals surface area (Å²) < 4.78 is 0. The quantitative estimate of drug-likeness (QED) is 0.651. The molecule has 1 aliphatic rings. The van der Waals surface area contributed by atoms with Crippen molar-refractivity contribution in [1.82, 2.24) is 0 Å². The maximum absolute atomic E-state index is 2.42. The van der Waals surface area contributed by atoms with Crippen molar-refractivity contribution in [1.29, 1.82) is 0 Å². The van der Waals surface area contributed by atoms with Gasteiger partial charge in [-0.1, -0.05) is 13.0 Å². The molecule has 0 aromatic rings. The largest absolute Gasteiger partial charge is 0.157 e. The number of allylic oxidation sites excluding steroid dienone is 1. The van der Waals surface area contributed by atoms with Gasteiger partial charge in [0.05, 0.1) is 0 Å². The highest BCUT2D eigenvalue weighted by Crippen LogP contribution is 2.35. The van der Waals surface area contributed by atoms with Crippen molar-refractivity contribution in [2.45, 2.75) is 25.0 Å². The van der Waals surface area contributed by atoms with E-state index >= 15 is 0 Å². The van der Waals surface area contributed by atoms with E-state index in [0.717, 1.165) is 11.2 Å². The van der Waals surface area contributed by atoms with Crippen LogP contribution in [0.3, 0.4) is 0 Å². The molecule has 0 spiro atoms. The Morgan fingerprint density at radius 3 is 2.73 bits per heavy atom. The van der Waals surface area contributed by atoms with Gasteiger partial charge in [-0.15, -0.1) is 11.8 Å². The molecule has 0 amide bonds. The van der Waals surface area contributed by atoms with E-state index in [1.54, 1.807) is 4.91 Å². The SMILES string of the molecule is CSC1=CCC(C)CC1SC. The van der Waals surface area contributed by atoms with Crippen molar-refractivity contribution in [3.05, 3.63) is 11.0 Å². The summed E-state index contributed by atoms with van der Waals surface area (Å²) in [6.07, 6.45) is 9.47. The number of thioether (sulfide) groups is 2. The molecule has 0 saturated carbocycles. The van der Waals surface area contributed by atoms with Crippen LogP contribution in [0.1, 0.15) is 19.8 Å². The van der Waals surface area contributed by atoms with E-state index in [-0.39, 0.29) is 0 Å². The lowest BCUT2D eigenvalue weighted by molar-refractivity contribution is 0.531. The third-order valence-electron chi connectivity index (χ3n) is 2.18. The maximum atomic E-state index is 2.42. The Morgan fingerprint density at radius 1 is 1.45 bits per heavy atom. The minimum atomic E-state index is 0.786. The third kappa shape index (κ3) is 2.45. The topological polar surface area (TPSA) is 0 Å². The predicted molar refractivity (Wildman–Crippen MR) is 57.3 cm³/mol. The van der Waals surface area contributed by atoms with Gasteiger partial charge in [-0.25, -0.2) is 0 Å². The van der Waals surface area contributed by atoms with Crippen LogP contribution in [0.2, 0.25) is 0 Å². The molecule has 0 saturated heterocycles. The molecule has 64 valence electrons. The molecule has 0 bridgehead atoms. The summed E-state index contributed by atoms with van der Waals surface area (Å²) in [4.78, 5) is 1.59. The van der Waals surface area contributed by atoms with E-state index in [0.29, 0.717) is 0 Å². The average molecular weight is 188 g/mol. The Bertz CT molecular complexity index is 152. The first-order valence-electron chi connectivity index (χ1n) is 4.04. The molecule has 0 aliphatic heterocycles. The molecule has 2 atom stereocenters. The summed E-state index contributed by atoms with van der Waals surface area (Å²) in [5.41, 5.74) is 0. The molecule has 1 aliphatic carbocycles. The normalized spacial score (nSPS) is 31.7. The van der Waals surface area contributed by atoms with Crippen LogP contribution < -0.4 is 0 Å². The molecule has 1 rings (SSSR count). The number of rotatable bonds is 2. The van der Waals surface area contributed by atoms with E-state index in [9.17, 15) is 0 Å². The van der Waals surface area contributed by atoms with Gasteiger partial charge in [0.1, 0.15) is 0 Å². The second-order valence-corrected chi connectivity index (χ2v) is 5.03. The summed E-state index contributed by atoms with van der Waals surface area (Å²) in [5, 5.41) is 0.786. The molecule has 2 heteroatoms. The van der Waals surface area contributed by atoms with Gasteiger partial charge in [-0.3, -0.25) is 0 Å². The van der Waals surface area contributed by atoms with Crippen molar-refractivity contribution < 1.29 is 0 Å². The smallest absolute Gasteiger partial charge is 0.0353 e. The average Bonchev–Trinajstić information content (AvgIpc) is 2.04. The van der Waals surface area contributed by atoms with Gasteiger partial charge in [-0.05, 0) is 36.2 Å². The summed E-state index contributed by atoms with van der Waals surface area (Å²) in [6, 6.07) is 0. The Kier molecular flexibility index (Phi) is 3.86. The zero-order chi connectivity index (χ0) is 8.27. The molecular formula is C9H16S2. The molecule has 0 heterocycles. The lowest BCUT2D eigenvalue weighted by atomic mass is 9.96. The van der Waals surface area contributed by atoms with Crippen molar-refractivity contribution in [3.8, 4) is 0 Å². The standard InChI is InChI=1S/C9H16S2/c1-7-4-5-8(10-2)9(6-7)11-3/h5,7,9H,4,6H2,1-3H3. The summed E-state index contributed by atoms with van der Waals surface area (Å²) in [7, 11) is 0. The van der Waals surface area contributed by atoms with E-state index in [1.165, 1.54) is 12.8 Å². The Hall–Kier alpha value is 0.440. The second kappa shape index (κ2) is 4.46. The highest BCUT2D eigenvalue weighted by Gasteiger charge is 2.19. The van der Waals surface area contributed by atoms with Gasteiger partial charge >= 0.3 is 0 Å². The van der Waals surface area contributed by atoms with Crippen LogP contribution in [0.5, 0.6) is 0 Å². The highest BCUT2D eigenvalue weighted by molar-refractivity contribution is 8.05. The van der Waals surface area contributed by atoms with E-state index in [4.69, 9.17) is 0 Å². The van der Waals surface area contributed by atoms with E-state index in [2.05, 4.69) is 25.5 Å². The Balaban J connectivity index is 2.59. The van der Waals surface area contributed by atoms with Crippen LogP contribution in [0.25, 0.3) is 0 Å². The van der Waals surface area contributed by atoms with Crippen LogP contribution in [0.4, 0.5) is 0 Å². The second-order valence-electron chi connectivity index (χ2n) is 3.11. The van der Waals surface area contributed by atoms with Crippen LogP contribution >= 0.6 is 23.5 Å². The van der Waals surface area contributed by atoms with Crippen LogP contribution in [0.15, 0.2) is 11.0 Å². The minimum absolute atomic E-state index is 0.786.